The highest BCUT2D eigenvalue weighted by Gasteiger charge is 2.31. The van der Waals surface area contributed by atoms with E-state index in [-0.39, 0.29) is 30.7 Å². The van der Waals surface area contributed by atoms with Gasteiger partial charge in [0.2, 0.25) is 28.6 Å². The summed E-state index contributed by atoms with van der Waals surface area (Å²) in [5.74, 6) is -0.126. The molecular weight excluding hydrogens is 434 g/mol. The second-order valence-corrected chi connectivity index (χ2v) is 9.42. The molecule has 1 aliphatic heterocycles. The van der Waals surface area contributed by atoms with E-state index in [1.807, 2.05) is 30.3 Å². The van der Waals surface area contributed by atoms with Crippen LogP contribution in [-0.2, 0) is 26.2 Å². The Labute approximate surface area is 188 Å². The van der Waals surface area contributed by atoms with Crippen LogP contribution in [0.5, 0.6) is 11.5 Å². The van der Waals surface area contributed by atoms with Gasteiger partial charge in [0.1, 0.15) is 12.6 Å². The van der Waals surface area contributed by atoms with Crippen molar-refractivity contribution < 1.29 is 27.5 Å². The molecule has 2 aromatic carbocycles. The summed E-state index contributed by atoms with van der Waals surface area (Å²) >= 11 is 0. The minimum atomic E-state index is -3.79. The Kier molecular flexibility index (Phi) is 7.24. The van der Waals surface area contributed by atoms with E-state index >= 15 is 0 Å². The first-order valence-electron chi connectivity index (χ1n) is 10.2. The Morgan fingerprint density at radius 2 is 1.78 bits per heavy atom. The normalized spacial score (nSPS) is 13.3. The zero-order valence-corrected chi connectivity index (χ0v) is 19.1. The number of hydrogen-bond donors (Lipinski definition) is 1. The highest BCUT2D eigenvalue weighted by atomic mass is 32.2. The fourth-order valence-electron chi connectivity index (χ4n) is 3.33. The number of nitrogens with zero attached hydrogens (tertiary/aromatic N) is 2. The molecule has 2 aromatic rings. The number of likely N-dealkylation sites (N-methyl/N-ethyl adjacent to an activating group) is 1. The number of rotatable bonds is 9. The molecule has 2 amide bonds. The molecule has 0 aliphatic carbocycles. The number of benzene rings is 2. The second-order valence-electron chi connectivity index (χ2n) is 7.24. The molecule has 0 fully saturated rings. The molecule has 0 saturated heterocycles. The molecule has 0 spiro atoms. The molecule has 1 N–H and O–H groups in total. The highest BCUT2D eigenvalue weighted by Crippen LogP contribution is 2.36. The lowest BCUT2D eigenvalue weighted by molar-refractivity contribution is -0.139. The average Bonchev–Trinajstić information content (AvgIpc) is 3.28. The summed E-state index contributed by atoms with van der Waals surface area (Å²) in [4.78, 5) is 27.1. The first kappa shape index (κ1) is 23.4. The van der Waals surface area contributed by atoms with Gasteiger partial charge in [-0.3, -0.25) is 13.9 Å². The van der Waals surface area contributed by atoms with Crippen LogP contribution in [0.15, 0.2) is 48.5 Å². The van der Waals surface area contributed by atoms with Crippen LogP contribution in [0.4, 0.5) is 5.69 Å². The summed E-state index contributed by atoms with van der Waals surface area (Å²) in [7, 11) is -2.30. The van der Waals surface area contributed by atoms with E-state index in [4.69, 9.17) is 9.47 Å². The van der Waals surface area contributed by atoms with Crippen LogP contribution in [-0.4, -0.2) is 57.3 Å². The van der Waals surface area contributed by atoms with Crippen molar-refractivity contribution in [2.45, 2.75) is 26.4 Å². The van der Waals surface area contributed by atoms with Gasteiger partial charge in [-0.05, 0) is 31.5 Å². The van der Waals surface area contributed by atoms with Gasteiger partial charge in [0.15, 0.2) is 11.5 Å². The number of anilines is 1. The van der Waals surface area contributed by atoms with Crippen molar-refractivity contribution in [2.75, 3.05) is 30.4 Å². The minimum Gasteiger partial charge on any atom is -0.454 e. The van der Waals surface area contributed by atoms with Crippen molar-refractivity contribution in [2.24, 2.45) is 0 Å². The standard InChI is InChI=1S/C22H27N3O6S/c1-4-32(28,29)25(18-10-11-19-20(12-18)31-15-30-19)14-21(26)24(16(2)22(27)23-3)13-17-8-6-5-7-9-17/h5-12,16H,4,13-15H2,1-3H3,(H,23,27). The van der Waals surface area contributed by atoms with Gasteiger partial charge in [-0.2, -0.15) is 0 Å². The van der Waals surface area contributed by atoms with Crippen molar-refractivity contribution in [3.8, 4) is 11.5 Å². The van der Waals surface area contributed by atoms with Gasteiger partial charge in [0.05, 0.1) is 11.4 Å². The Hall–Kier alpha value is -3.27. The SMILES string of the molecule is CCS(=O)(=O)N(CC(=O)N(Cc1ccccc1)C(C)C(=O)NC)c1ccc2c(c1)OCO2. The lowest BCUT2D eigenvalue weighted by Gasteiger charge is -2.31. The average molecular weight is 462 g/mol. The van der Waals surface area contributed by atoms with E-state index in [1.165, 1.54) is 24.9 Å². The van der Waals surface area contributed by atoms with Crippen LogP contribution in [0.1, 0.15) is 19.4 Å². The van der Waals surface area contributed by atoms with Crippen molar-refractivity contribution in [3.05, 3.63) is 54.1 Å². The lowest BCUT2D eigenvalue weighted by Crippen LogP contribution is -2.50. The van der Waals surface area contributed by atoms with Crippen molar-refractivity contribution in [1.29, 1.82) is 0 Å². The molecule has 0 radical (unpaired) electrons. The van der Waals surface area contributed by atoms with Gasteiger partial charge in [-0.1, -0.05) is 30.3 Å². The molecule has 3 rings (SSSR count). The molecule has 1 heterocycles. The Morgan fingerprint density at radius 1 is 1.09 bits per heavy atom. The quantitative estimate of drug-likeness (QED) is 0.610. The Morgan fingerprint density at radius 3 is 2.44 bits per heavy atom. The zero-order chi connectivity index (χ0) is 23.3. The van der Waals surface area contributed by atoms with Crippen LogP contribution in [0.3, 0.4) is 0 Å². The van der Waals surface area contributed by atoms with Crippen LogP contribution in [0, 0.1) is 0 Å². The largest absolute Gasteiger partial charge is 0.454 e. The third-order valence-corrected chi connectivity index (χ3v) is 6.97. The van der Waals surface area contributed by atoms with E-state index in [2.05, 4.69) is 5.32 Å². The van der Waals surface area contributed by atoms with E-state index in [0.29, 0.717) is 11.5 Å². The van der Waals surface area contributed by atoms with Crippen LogP contribution >= 0.6 is 0 Å². The van der Waals surface area contributed by atoms with E-state index in [9.17, 15) is 18.0 Å². The molecule has 1 atom stereocenters. The lowest BCUT2D eigenvalue weighted by atomic mass is 10.1. The number of ether oxygens (including phenoxy) is 2. The molecule has 1 aliphatic rings. The van der Waals surface area contributed by atoms with Gasteiger partial charge in [0.25, 0.3) is 0 Å². The fraction of sp³-hybridized carbons (Fsp3) is 0.364. The van der Waals surface area contributed by atoms with Crippen LogP contribution in [0.2, 0.25) is 0 Å². The van der Waals surface area contributed by atoms with E-state index in [0.717, 1.165) is 9.87 Å². The highest BCUT2D eigenvalue weighted by molar-refractivity contribution is 7.92. The number of carbonyl (C=O) groups excluding carboxylic acids is 2. The second kappa shape index (κ2) is 9.90. The predicted octanol–water partition coefficient (Wildman–Crippen LogP) is 1.73. The third-order valence-electron chi connectivity index (χ3n) is 5.23. The van der Waals surface area contributed by atoms with E-state index < -0.39 is 28.5 Å². The maximum absolute atomic E-state index is 13.4. The number of sulfonamides is 1. The first-order chi connectivity index (χ1) is 15.3. The maximum Gasteiger partial charge on any atom is 0.244 e. The number of nitrogens with one attached hydrogen (secondary N) is 1. The first-order valence-corrected chi connectivity index (χ1v) is 11.8. The maximum atomic E-state index is 13.4. The summed E-state index contributed by atoms with van der Waals surface area (Å²) in [5.41, 5.74) is 1.11. The molecular formula is C22H27N3O6S. The smallest absolute Gasteiger partial charge is 0.244 e. The van der Waals surface area contributed by atoms with Crippen LogP contribution < -0.4 is 19.1 Å². The number of hydrogen-bond acceptors (Lipinski definition) is 6. The number of carbonyl (C=O) groups is 2. The van der Waals surface area contributed by atoms with Gasteiger partial charge in [0, 0.05) is 19.7 Å². The van der Waals surface area contributed by atoms with Crippen molar-refractivity contribution in [3.63, 3.8) is 0 Å². The molecule has 32 heavy (non-hydrogen) atoms. The summed E-state index contributed by atoms with van der Waals surface area (Å²) in [6, 6.07) is 13.1. The van der Waals surface area contributed by atoms with Gasteiger partial charge in [-0.15, -0.1) is 0 Å². The summed E-state index contributed by atoms with van der Waals surface area (Å²) < 4.78 is 37.5. The van der Waals surface area contributed by atoms with Crippen molar-refractivity contribution >= 4 is 27.5 Å². The fourth-order valence-corrected chi connectivity index (χ4v) is 4.39. The van der Waals surface area contributed by atoms with Gasteiger partial charge >= 0.3 is 0 Å². The zero-order valence-electron chi connectivity index (χ0n) is 18.3. The minimum absolute atomic E-state index is 0.0484. The van der Waals surface area contributed by atoms with Crippen molar-refractivity contribution in [1.82, 2.24) is 10.2 Å². The van der Waals surface area contributed by atoms with Gasteiger partial charge < -0.3 is 19.7 Å². The molecule has 0 bridgehead atoms. The Bertz CT molecular complexity index is 1070. The van der Waals surface area contributed by atoms with Crippen LogP contribution in [0.25, 0.3) is 0 Å². The predicted molar refractivity (Wildman–Crippen MR) is 120 cm³/mol. The Balaban J connectivity index is 1.93. The number of amides is 2. The summed E-state index contributed by atoms with van der Waals surface area (Å²) in [6.45, 7) is 2.87. The molecule has 1 unspecified atom stereocenters. The third kappa shape index (κ3) is 5.13. The topological polar surface area (TPSA) is 105 Å². The monoisotopic (exact) mass is 461 g/mol. The molecule has 172 valence electrons. The van der Waals surface area contributed by atoms with Gasteiger partial charge in [-0.25, -0.2) is 8.42 Å². The molecule has 0 aromatic heterocycles. The molecule has 0 saturated carbocycles. The molecule has 10 heteroatoms. The number of fused-ring (bicyclic) bond motifs is 1. The summed E-state index contributed by atoms with van der Waals surface area (Å²) in [5, 5.41) is 2.55. The van der Waals surface area contributed by atoms with E-state index in [1.54, 1.807) is 19.1 Å². The summed E-state index contributed by atoms with van der Waals surface area (Å²) in [6.07, 6.45) is 0. The molecule has 9 nitrogen and oxygen atoms in total.